The Morgan fingerprint density at radius 3 is 2.60 bits per heavy atom. The average Bonchev–Trinajstić information content (AvgIpc) is 2.66. The van der Waals surface area contributed by atoms with Gasteiger partial charge in [0.25, 0.3) is 0 Å². The molecule has 0 saturated heterocycles. The molecule has 0 unspecified atom stereocenters. The summed E-state index contributed by atoms with van der Waals surface area (Å²) in [6.07, 6.45) is 5.08. The largest absolute Gasteiger partial charge is 0.188 e. The van der Waals surface area contributed by atoms with Gasteiger partial charge >= 0.3 is 0 Å². The van der Waals surface area contributed by atoms with Crippen molar-refractivity contribution in [2.24, 2.45) is 7.05 Å². The predicted molar refractivity (Wildman–Crippen MR) is 59.5 cm³/mol. The van der Waals surface area contributed by atoms with Gasteiger partial charge in [-0.05, 0) is 24.8 Å². The topological polar surface area (TPSA) is 30.7 Å². The maximum Gasteiger partial charge on any atom is 0.0827 e. The number of aryl methyl sites for hydroxylation is 3. The summed E-state index contributed by atoms with van der Waals surface area (Å²) in [5, 5.41) is 8.30. The monoisotopic (exact) mass is 201 g/mol. The van der Waals surface area contributed by atoms with Crippen molar-refractivity contribution in [2.75, 3.05) is 0 Å². The van der Waals surface area contributed by atoms with E-state index in [4.69, 9.17) is 0 Å². The van der Waals surface area contributed by atoms with Crippen molar-refractivity contribution in [1.82, 2.24) is 15.0 Å². The SMILES string of the molecule is Cn1ncc(CCCc2ccccc2)n1. The van der Waals surface area contributed by atoms with E-state index in [1.54, 1.807) is 4.80 Å². The molecule has 1 heterocycles. The molecule has 1 aromatic carbocycles. The van der Waals surface area contributed by atoms with Crippen LogP contribution in [0.25, 0.3) is 0 Å². The molecule has 0 aliphatic carbocycles. The molecule has 1 aromatic heterocycles. The van der Waals surface area contributed by atoms with Gasteiger partial charge < -0.3 is 0 Å². The number of aromatic nitrogens is 3. The van der Waals surface area contributed by atoms with E-state index in [1.165, 1.54) is 5.56 Å². The molecule has 0 saturated carbocycles. The summed E-state index contributed by atoms with van der Waals surface area (Å²) < 4.78 is 0. The zero-order chi connectivity index (χ0) is 10.5. The Labute approximate surface area is 89.7 Å². The molecule has 0 aliphatic rings. The van der Waals surface area contributed by atoms with Crippen molar-refractivity contribution < 1.29 is 0 Å². The minimum Gasteiger partial charge on any atom is -0.188 e. The second kappa shape index (κ2) is 4.73. The molecule has 0 atom stereocenters. The van der Waals surface area contributed by atoms with Crippen LogP contribution >= 0.6 is 0 Å². The third kappa shape index (κ3) is 2.91. The molecule has 0 bridgehead atoms. The molecule has 15 heavy (non-hydrogen) atoms. The molecule has 3 nitrogen and oxygen atoms in total. The lowest BCUT2D eigenvalue weighted by molar-refractivity contribution is 0.640. The average molecular weight is 201 g/mol. The van der Waals surface area contributed by atoms with Crippen LogP contribution in [-0.4, -0.2) is 15.0 Å². The van der Waals surface area contributed by atoms with E-state index in [9.17, 15) is 0 Å². The van der Waals surface area contributed by atoms with Crippen molar-refractivity contribution in [3.05, 3.63) is 47.8 Å². The van der Waals surface area contributed by atoms with Gasteiger partial charge in [0.15, 0.2) is 0 Å². The third-order valence-corrected chi connectivity index (χ3v) is 2.39. The highest BCUT2D eigenvalue weighted by Crippen LogP contribution is 2.05. The van der Waals surface area contributed by atoms with Gasteiger partial charge in [-0.2, -0.15) is 15.0 Å². The molecule has 0 N–H and O–H groups in total. The molecule has 2 rings (SSSR count). The lowest BCUT2D eigenvalue weighted by Gasteiger charge is -1.98. The summed E-state index contributed by atoms with van der Waals surface area (Å²) in [5.41, 5.74) is 2.47. The van der Waals surface area contributed by atoms with Gasteiger partial charge in [0, 0.05) is 7.05 Å². The molecule has 0 fully saturated rings. The lowest BCUT2D eigenvalue weighted by atomic mass is 10.1. The van der Waals surface area contributed by atoms with Crippen LogP contribution < -0.4 is 0 Å². The number of benzene rings is 1. The summed E-state index contributed by atoms with van der Waals surface area (Å²) in [6, 6.07) is 10.5. The van der Waals surface area contributed by atoms with E-state index in [0.717, 1.165) is 25.0 Å². The zero-order valence-electron chi connectivity index (χ0n) is 8.93. The van der Waals surface area contributed by atoms with E-state index < -0.39 is 0 Å². The van der Waals surface area contributed by atoms with Gasteiger partial charge in [-0.15, -0.1) is 0 Å². The quantitative estimate of drug-likeness (QED) is 0.757. The first-order chi connectivity index (χ1) is 7.34. The molecule has 0 amide bonds. The highest BCUT2D eigenvalue weighted by atomic mass is 15.4. The Morgan fingerprint density at radius 2 is 1.93 bits per heavy atom. The molecular weight excluding hydrogens is 186 g/mol. The van der Waals surface area contributed by atoms with Gasteiger partial charge in [-0.1, -0.05) is 30.3 Å². The number of rotatable bonds is 4. The zero-order valence-corrected chi connectivity index (χ0v) is 8.93. The second-order valence-electron chi connectivity index (χ2n) is 3.66. The standard InChI is InChI=1S/C12H15N3/c1-15-13-10-12(14-15)9-5-8-11-6-3-2-4-7-11/h2-4,6-7,10H,5,8-9H2,1H3. The van der Waals surface area contributed by atoms with Gasteiger partial charge in [0.2, 0.25) is 0 Å². The Kier molecular flexibility index (Phi) is 3.12. The molecule has 0 aliphatic heterocycles. The Morgan fingerprint density at radius 1 is 1.13 bits per heavy atom. The van der Waals surface area contributed by atoms with Gasteiger partial charge in [-0.3, -0.25) is 0 Å². The summed E-state index contributed by atoms with van der Waals surface area (Å²) in [6.45, 7) is 0. The molecular formula is C12H15N3. The number of hydrogen-bond acceptors (Lipinski definition) is 2. The van der Waals surface area contributed by atoms with E-state index >= 15 is 0 Å². The summed E-state index contributed by atoms with van der Waals surface area (Å²) in [7, 11) is 1.85. The van der Waals surface area contributed by atoms with E-state index in [-0.39, 0.29) is 0 Å². The predicted octanol–water partition coefficient (Wildman–Crippen LogP) is 1.99. The fourth-order valence-electron chi connectivity index (χ4n) is 1.62. The first-order valence-electron chi connectivity index (χ1n) is 5.24. The molecule has 0 spiro atoms. The van der Waals surface area contributed by atoms with Gasteiger partial charge in [0.1, 0.15) is 0 Å². The second-order valence-corrected chi connectivity index (χ2v) is 3.66. The number of nitrogens with zero attached hydrogens (tertiary/aromatic N) is 3. The van der Waals surface area contributed by atoms with Crippen molar-refractivity contribution in [2.45, 2.75) is 19.3 Å². The van der Waals surface area contributed by atoms with E-state index in [2.05, 4.69) is 34.5 Å². The van der Waals surface area contributed by atoms with Crippen LogP contribution in [0.5, 0.6) is 0 Å². The normalized spacial score (nSPS) is 10.5. The first-order valence-corrected chi connectivity index (χ1v) is 5.24. The fourth-order valence-corrected chi connectivity index (χ4v) is 1.62. The van der Waals surface area contributed by atoms with E-state index in [1.807, 2.05) is 19.3 Å². The Balaban J connectivity index is 1.80. The minimum absolute atomic E-state index is 1.00. The fraction of sp³-hybridized carbons (Fsp3) is 0.333. The van der Waals surface area contributed by atoms with Crippen LogP contribution in [0.4, 0.5) is 0 Å². The first kappa shape index (κ1) is 9.90. The summed E-state index contributed by atoms with van der Waals surface area (Å²) in [4.78, 5) is 1.61. The van der Waals surface area contributed by atoms with Crippen molar-refractivity contribution in [3.63, 3.8) is 0 Å². The Hall–Kier alpha value is -1.64. The van der Waals surface area contributed by atoms with Gasteiger partial charge in [0.05, 0.1) is 11.9 Å². The van der Waals surface area contributed by atoms with Crippen LogP contribution in [0.1, 0.15) is 17.7 Å². The van der Waals surface area contributed by atoms with Crippen LogP contribution in [-0.2, 0) is 19.9 Å². The smallest absolute Gasteiger partial charge is 0.0827 e. The molecule has 2 aromatic rings. The third-order valence-electron chi connectivity index (χ3n) is 2.39. The molecule has 3 heteroatoms. The summed E-state index contributed by atoms with van der Waals surface area (Å²) in [5.74, 6) is 0. The van der Waals surface area contributed by atoms with Crippen molar-refractivity contribution in [3.8, 4) is 0 Å². The van der Waals surface area contributed by atoms with Crippen molar-refractivity contribution >= 4 is 0 Å². The maximum atomic E-state index is 4.25. The van der Waals surface area contributed by atoms with E-state index in [0.29, 0.717) is 0 Å². The van der Waals surface area contributed by atoms with Crippen LogP contribution in [0.3, 0.4) is 0 Å². The summed E-state index contributed by atoms with van der Waals surface area (Å²) >= 11 is 0. The van der Waals surface area contributed by atoms with Crippen LogP contribution in [0.2, 0.25) is 0 Å². The minimum atomic E-state index is 1.00. The highest BCUT2D eigenvalue weighted by molar-refractivity contribution is 5.14. The van der Waals surface area contributed by atoms with Crippen LogP contribution in [0, 0.1) is 0 Å². The van der Waals surface area contributed by atoms with Crippen molar-refractivity contribution in [1.29, 1.82) is 0 Å². The molecule has 78 valence electrons. The van der Waals surface area contributed by atoms with Crippen LogP contribution in [0.15, 0.2) is 36.5 Å². The Bertz CT molecular complexity index is 406. The lowest BCUT2D eigenvalue weighted by Crippen LogP contribution is -1.94. The maximum absolute atomic E-state index is 4.25. The highest BCUT2D eigenvalue weighted by Gasteiger charge is 1.98. The van der Waals surface area contributed by atoms with Gasteiger partial charge in [-0.25, -0.2) is 0 Å². The number of hydrogen-bond donors (Lipinski definition) is 0. The molecule has 0 radical (unpaired) electrons.